The Morgan fingerprint density at radius 3 is 2.75 bits per heavy atom. The van der Waals surface area contributed by atoms with Crippen LogP contribution < -0.4 is 16.1 Å². The zero-order valence-corrected chi connectivity index (χ0v) is 14.9. The van der Waals surface area contributed by atoms with Gasteiger partial charge in [0, 0.05) is 23.7 Å². The minimum absolute atomic E-state index is 0.116. The van der Waals surface area contributed by atoms with E-state index in [2.05, 4.69) is 15.0 Å². The van der Waals surface area contributed by atoms with E-state index in [0.29, 0.717) is 17.8 Å². The van der Waals surface area contributed by atoms with E-state index in [1.807, 2.05) is 0 Å². The third kappa shape index (κ3) is 2.33. The number of carbonyl (C=O) groups is 1. The molecule has 1 fully saturated rings. The number of anilines is 1. The van der Waals surface area contributed by atoms with E-state index in [9.17, 15) is 18.8 Å². The van der Waals surface area contributed by atoms with Crippen molar-refractivity contribution in [3.63, 3.8) is 0 Å². The first kappa shape index (κ1) is 16.9. The number of benzene rings is 1. The number of nitrogens with one attached hydrogen (secondary N) is 2. The molecule has 5 rings (SSSR count). The molecule has 0 bridgehead atoms. The van der Waals surface area contributed by atoms with Crippen LogP contribution in [0.3, 0.4) is 0 Å². The number of hydrogen-bond acceptors (Lipinski definition) is 4. The summed E-state index contributed by atoms with van der Waals surface area (Å²) in [5.74, 6) is -0.615. The molecule has 2 aliphatic rings. The lowest BCUT2D eigenvalue weighted by molar-refractivity contribution is 0.0984. The summed E-state index contributed by atoms with van der Waals surface area (Å²) in [6.45, 7) is 0.419. The van der Waals surface area contributed by atoms with Gasteiger partial charge in [0.2, 0.25) is 0 Å². The molecule has 0 atom stereocenters. The Labute approximate surface area is 158 Å². The van der Waals surface area contributed by atoms with Gasteiger partial charge < -0.3 is 4.90 Å². The molecule has 0 radical (unpaired) electrons. The Kier molecular flexibility index (Phi) is 3.52. The number of H-pyrrole nitrogens is 2. The monoisotopic (exact) mass is 380 g/mol. The van der Waals surface area contributed by atoms with Crippen LogP contribution in [0.15, 0.2) is 40.1 Å². The van der Waals surface area contributed by atoms with Crippen LogP contribution in [0.4, 0.5) is 10.1 Å². The fourth-order valence-electron chi connectivity index (χ4n) is 4.69. The van der Waals surface area contributed by atoms with Crippen LogP contribution >= 0.6 is 0 Å². The molecule has 3 aromatic rings. The first-order valence-corrected chi connectivity index (χ1v) is 9.22. The van der Waals surface area contributed by atoms with Crippen LogP contribution in [0.2, 0.25) is 0 Å². The van der Waals surface area contributed by atoms with Gasteiger partial charge in [0.05, 0.1) is 16.6 Å². The van der Waals surface area contributed by atoms with E-state index in [-0.39, 0.29) is 33.7 Å². The molecule has 7 nitrogen and oxygen atoms in total. The molecule has 2 N–H and O–H groups in total. The first-order chi connectivity index (χ1) is 13.5. The Bertz CT molecular complexity index is 1240. The molecular formula is C20H17FN4O3. The molecule has 2 aromatic heterocycles. The van der Waals surface area contributed by atoms with Crippen LogP contribution in [0.25, 0.3) is 11.0 Å². The molecule has 28 heavy (non-hydrogen) atoms. The van der Waals surface area contributed by atoms with Crippen molar-refractivity contribution in [2.75, 3.05) is 11.4 Å². The number of halogens is 1. The molecule has 8 heteroatoms. The second-order valence-corrected chi connectivity index (χ2v) is 7.54. The number of nitrogens with zero attached hydrogens (tertiary/aromatic N) is 2. The van der Waals surface area contributed by atoms with Gasteiger partial charge in [0.1, 0.15) is 11.5 Å². The summed E-state index contributed by atoms with van der Waals surface area (Å²) in [6.07, 6.45) is 5.05. The van der Waals surface area contributed by atoms with Gasteiger partial charge in [-0.25, -0.2) is 14.2 Å². The van der Waals surface area contributed by atoms with Crippen molar-refractivity contribution in [3.05, 3.63) is 68.2 Å². The number of carbonyl (C=O) groups excluding carboxylic acids is 1. The Morgan fingerprint density at radius 2 is 1.96 bits per heavy atom. The van der Waals surface area contributed by atoms with Crippen LogP contribution in [0.5, 0.6) is 0 Å². The summed E-state index contributed by atoms with van der Waals surface area (Å²) in [5, 5.41) is 0.125. The lowest BCUT2D eigenvalue weighted by atomic mass is 9.80. The molecule has 1 amide bonds. The van der Waals surface area contributed by atoms with Crippen LogP contribution in [-0.2, 0) is 5.41 Å². The standard InChI is InChI=1S/C20H17FN4O3/c21-13-4-3-5-14-15(13)20(6-1-2-7-20)10-25(14)18(27)11-8-12-16(22-9-11)23-19(28)24-17(12)26/h3-5,8-9H,1-2,6-7,10H2,(H2,22,23,24,26,28). The molecule has 142 valence electrons. The van der Waals surface area contributed by atoms with E-state index in [4.69, 9.17) is 0 Å². The fourth-order valence-corrected chi connectivity index (χ4v) is 4.69. The first-order valence-electron chi connectivity index (χ1n) is 9.22. The highest BCUT2D eigenvalue weighted by Gasteiger charge is 2.48. The Hall–Kier alpha value is -3.29. The number of amides is 1. The van der Waals surface area contributed by atoms with Crippen molar-refractivity contribution in [3.8, 4) is 0 Å². The fraction of sp³-hybridized carbons (Fsp3) is 0.300. The van der Waals surface area contributed by atoms with Gasteiger partial charge in [0.25, 0.3) is 11.5 Å². The van der Waals surface area contributed by atoms with E-state index < -0.39 is 11.2 Å². The lowest BCUT2D eigenvalue weighted by Gasteiger charge is -2.24. The van der Waals surface area contributed by atoms with Crippen molar-refractivity contribution in [1.82, 2.24) is 15.0 Å². The normalized spacial score (nSPS) is 17.4. The molecule has 1 saturated carbocycles. The SMILES string of the molecule is O=C(c1cnc2[nH]c(=O)[nH]c(=O)c2c1)N1CC2(CCCC2)c2c(F)cccc21. The average molecular weight is 380 g/mol. The van der Waals surface area contributed by atoms with Crippen LogP contribution in [0.1, 0.15) is 41.6 Å². The zero-order valence-electron chi connectivity index (χ0n) is 14.9. The van der Waals surface area contributed by atoms with E-state index in [0.717, 1.165) is 25.7 Å². The van der Waals surface area contributed by atoms with Crippen molar-refractivity contribution in [1.29, 1.82) is 0 Å². The average Bonchev–Trinajstić information content (AvgIpc) is 3.27. The molecule has 1 spiro atoms. The molecule has 0 saturated heterocycles. The van der Waals surface area contributed by atoms with Crippen molar-refractivity contribution < 1.29 is 9.18 Å². The van der Waals surface area contributed by atoms with Gasteiger partial charge in [-0.3, -0.25) is 19.6 Å². The Morgan fingerprint density at radius 1 is 1.18 bits per heavy atom. The van der Waals surface area contributed by atoms with Gasteiger partial charge in [-0.15, -0.1) is 0 Å². The molecule has 1 aliphatic carbocycles. The maximum atomic E-state index is 14.7. The zero-order chi connectivity index (χ0) is 19.5. The molecule has 1 aliphatic heterocycles. The van der Waals surface area contributed by atoms with E-state index >= 15 is 0 Å². The third-order valence-electron chi connectivity index (χ3n) is 5.92. The summed E-state index contributed by atoms with van der Waals surface area (Å²) in [6, 6.07) is 6.23. The summed E-state index contributed by atoms with van der Waals surface area (Å²) < 4.78 is 14.7. The van der Waals surface area contributed by atoms with Crippen molar-refractivity contribution >= 4 is 22.6 Å². The summed E-state index contributed by atoms with van der Waals surface area (Å²) >= 11 is 0. The summed E-state index contributed by atoms with van der Waals surface area (Å²) in [5.41, 5.74) is -0.0688. The van der Waals surface area contributed by atoms with Crippen molar-refractivity contribution in [2.45, 2.75) is 31.1 Å². The van der Waals surface area contributed by atoms with Gasteiger partial charge in [-0.05, 0) is 31.0 Å². The van der Waals surface area contributed by atoms with E-state index in [1.54, 1.807) is 17.0 Å². The summed E-state index contributed by atoms with van der Waals surface area (Å²) in [4.78, 5) is 46.9. The van der Waals surface area contributed by atoms with E-state index in [1.165, 1.54) is 18.3 Å². The second kappa shape index (κ2) is 5.85. The number of hydrogen-bond donors (Lipinski definition) is 2. The molecule has 3 heterocycles. The maximum absolute atomic E-state index is 14.7. The number of aromatic amines is 2. The second-order valence-electron chi connectivity index (χ2n) is 7.54. The van der Waals surface area contributed by atoms with Gasteiger partial charge in [-0.2, -0.15) is 0 Å². The number of pyridine rings is 1. The Balaban J connectivity index is 1.62. The predicted octanol–water partition coefficient (Wildman–Crippen LogP) is 2.22. The maximum Gasteiger partial charge on any atom is 0.327 e. The minimum atomic E-state index is -0.656. The predicted molar refractivity (Wildman–Crippen MR) is 101 cm³/mol. The van der Waals surface area contributed by atoms with Gasteiger partial charge >= 0.3 is 5.69 Å². The number of rotatable bonds is 1. The quantitative estimate of drug-likeness (QED) is 0.676. The van der Waals surface area contributed by atoms with Crippen LogP contribution in [-0.4, -0.2) is 27.4 Å². The highest BCUT2D eigenvalue weighted by atomic mass is 19.1. The third-order valence-corrected chi connectivity index (χ3v) is 5.92. The molecular weight excluding hydrogens is 363 g/mol. The largest absolute Gasteiger partial charge is 0.327 e. The van der Waals surface area contributed by atoms with Gasteiger partial charge in [0.15, 0.2) is 0 Å². The highest BCUT2D eigenvalue weighted by molar-refractivity contribution is 6.08. The highest BCUT2D eigenvalue weighted by Crippen LogP contribution is 2.51. The molecule has 1 aromatic carbocycles. The smallest absolute Gasteiger partial charge is 0.307 e. The van der Waals surface area contributed by atoms with Gasteiger partial charge in [-0.1, -0.05) is 18.9 Å². The topological polar surface area (TPSA) is 98.9 Å². The van der Waals surface area contributed by atoms with Crippen molar-refractivity contribution in [2.24, 2.45) is 0 Å². The molecule has 0 unspecified atom stereocenters. The number of aromatic nitrogens is 3. The number of fused-ring (bicyclic) bond motifs is 3. The lowest BCUT2D eigenvalue weighted by Crippen LogP contribution is -2.36. The van der Waals surface area contributed by atoms with Crippen LogP contribution in [0, 0.1) is 5.82 Å². The minimum Gasteiger partial charge on any atom is -0.307 e. The summed E-state index contributed by atoms with van der Waals surface area (Å²) in [7, 11) is 0.